The van der Waals surface area contributed by atoms with Crippen LogP contribution in [0.2, 0.25) is 0 Å². The second-order valence-corrected chi connectivity index (χ2v) is 6.45. The number of rotatable bonds is 9. The highest BCUT2D eigenvalue weighted by molar-refractivity contribution is 5.91. The molecular weight excluding hydrogens is 370 g/mol. The largest absolute Gasteiger partial charge is 0.490 e. The molecule has 0 aliphatic carbocycles. The minimum absolute atomic E-state index is 0.147. The molecule has 0 saturated heterocycles. The molecule has 3 aromatic rings. The van der Waals surface area contributed by atoms with Gasteiger partial charge in [-0.15, -0.1) is 0 Å². The van der Waals surface area contributed by atoms with Crippen LogP contribution in [0.15, 0.2) is 47.0 Å². The number of aryl methyl sites for hydroxylation is 2. The van der Waals surface area contributed by atoms with Crippen molar-refractivity contribution in [1.29, 1.82) is 0 Å². The molecule has 0 bridgehead atoms. The van der Waals surface area contributed by atoms with E-state index in [-0.39, 0.29) is 12.3 Å². The zero-order valence-corrected chi connectivity index (χ0v) is 16.9. The molecule has 0 radical (unpaired) electrons. The number of nitrogens with zero attached hydrogens (tertiary/aromatic N) is 2. The number of carbonyl (C=O) groups excluding carboxylic acids is 1. The molecule has 0 spiro atoms. The topological polar surface area (TPSA) is 86.5 Å². The Kier molecular flexibility index (Phi) is 6.84. The Morgan fingerprint density at radius 1 is 1.03 bits per heavy atom. The fourth-order valence-electron chi connectivity index (χ4n) is 2.75. The summed E-state index contributed by atoms with van der Waals surface area (Å²) in [5.41, 5.74) is 2.69. The summed E-state index contributed by atoms with van der Waals surface area (Å²) in [6.07, 6.45) is 0.590. The maximum absolute atomic E-state index is 12.3. The second-order valence-electron chi connectivity index (χ2n) is 6.45. The van der Waals surface area contributed by atoms with E-state index >= 15 is 0 Å². The van der Waals surface area contributed by atoms with Gasteiger partial charge >= 0.3 is 0 Å². The van der Waals surface area contributed by atoms with Crippen LogP contribution in [0.5, 0.6) is 11.5 Å². The third-order valence-corrected chi connectivity index (χ3v) is 4.17. The SMILES string of the molecule is CCOc1ccc(NC(=O)CCc2nc(-c3ccc(C)cc3)no2)cc1OCC. The smallest absolute Gasteiger partial charge is 0.227 e. The van der Waals surface area contributed by atoms with Crippen molar-refractivity contribution in [3.8, 4) is 22.9 Å². The summed E-state index contributed by atoms with van der Waals surface area (Å²) in [6.45, 7) is 6.88. The van der Waals surface area contributed by atoms with Gasteiger partial charge in [0.15, 0.2) is 11.5 Å². The number of hydrogen-bond donors (Lipinski definition) is 1. The average molecular weight is 395 g/mol. The van der Waals surface area contributed by atoms with Crippen molar-refractivity contribution in [2.75, 3.05) is 18.5 Å². The van der Waals surface area contributed by atoms with Gasteiger partial charge < -0.3 is 19.3 Å². The molecule has 1 amide bonds. The molecule has 1 N–H and O–H groups in total. The highest BCUT2D eigenvalue weighted by Gasteiger charge is 2.12. The molecule has 7 nitrogen and oxygen atoms in total. The molecule has 3 rings (SSSR count). The van der Waals surface area contributed by atoms with Gasteiger partial charge in [-0.25, -0.2) is 0 Å². The summed E-state index contributed by atoms with van der Waals surface area (Å²) >= 11 is 0. The maximum atomic E-state index is 12.3. The Bertz CT molecular complexity index is 951. The molecule has 0 fully saturated rings. The van der Waals surface area contributed by atoms with Gasteiger partial charge in [0.05, 0.1) is 13.2 Å². The number of benzene rings is 2. The first-order chi connectivity index (χ1) is 14.1. The number of hydrogen-bond acceptors (Lipinski definition) is 6. The van der Waals surface area contributed by atoms with E-state index in [2.05, 4.69) is 15.5 Å². The number of nitrogens with one attached hydrogen (secondary N) is 1. The van der Waals surface area contributed by atoms with Crippen molar-refractivity contribution < 1.29 is 18.8 Å². The van der Waals surface area contributed by atoms with E-state index in [9.17, 15) is 4.79 Å². The quantitative estimate of drug-likeness (QED) is 0.577. The van der Waals surface area contributed by atoms with E-state index < -0.39 is 0 Å². The molecule has 2 aromatic carbocycles. The van der Waals surface area contributed by atoms with Crippen LogP contribution < -0.4 is 14.8 Å². The minimum Gasteiger partial charge on any atom is -0.490 e. The van der Waals surface area contributed by atoms with Gasteiger partial charge in [-0.05, 0) is 32.9 Å². The van der Waals surface area contributed by atoms with Crippen LogP contribution in [0.25, 0.3) is 11.4 Å². The van der Waals surface area contributed by atoms with Crippen LogP contribution in [0.3, 0.4) is 0 Å². The van der Waals surface area contributed by atoms with Crippen molar-refractivity contribution >= 4 is 11.6 Å². The molecule has 7 heteroatoms. The van der Waals surface area contributed by atoms with Crippen LogP contribution in [0.1, 0.15) is 31.7 Å². The molecule has 0 aliphatic rings. The molecule has 1 aromatic heterocycles. The number of aromatic nitrogens is 2. The maximum Gasteiger partial charge on any atom is 0.227 e. The van der Waals surface area contributed by atoms with Gasteiger partial charge in [-0.3, -0.25) is 4.79 Å². The zero-order valence-electron chi connectivity index (χ0n) is 16.9. The van der Waals surface area contributed by atoms with Gasteiger partial charge in [-0.1, -0.05) is 35.0 Å². The monoisotopic (exact) mass is 395 g/mol. The lowest BCUT2D eigenvalue weighted by molar-refractivity contribution is -0.116. The van der Waals surface area contributed by atoms with E-state index in [1.54, 1.807) is 18.2 Å². The van der Waals surface area contributed by atoms with Crippen molar-refractivity contribution in [2.24, 2.45) is 0 Å². The van der Waals surface area contributed by atoms with Gasteiger partial charge in [0, 0.05) is 30.2 Å². The normalized spacial score (nSPS) is 10.6. The Labute approximate surface area is 170 Å². The van der Waals surface area contributed by atoms with E-state index in [1.807, 2.05) is 45.0 Å². The fraction of sp³-hybridized carbons (Fsp3) is 0.318. The Morgan fingerprint density at radius 3 is 2.48 bits per heavy atom. The molecule has 0 unspecified atom stereocenters. The molecule has 0 atom stereocenters. The summed E-state index contributed by atoms with van der Waals surface area (Å²) in [6, 6.07) is 13.2. The third-order valence-electron chi connectivity index (χ3n) is 4.17. The average Bonchev–Trinajstić information content (AvgIpc) is 3.18. The lowest BCUT2D eigenvalue weighted by Gasteiger charge is -2.12. The van der Waals surface area contributed by atoms with Gasteiger partial charge in [0.25, 0.3) is 0 Å². The molecule has 0 saturated carbocycles. The van der Waals surface area contributed by atoms with Crippen LogP contribution in [0.4, 0.5) is 5.69 Å². The predicted octanol–water partition coefficient (Wildman–Crippen LogP) is 4.41. The van der Waals surface area contributed by atoms with Gasteiger partial charge in [0.2, 0.25) is 17.6 Å². The first kappa shape index (κ1) is 20.4. The standard InChI is InChI=1S/C22H25N3O4/c1-4-27-18-11-10-17(14-19(18)28-5-2)23-20(26)12-13-21-24-22(25-29-21)16-8-6-15(3)7-9-16/h6-11,14H,4-5,12-13H2,1-3H3,(H,23,26). The first-order valence-electron chi connectivity index (χ1n) is 9.68. The number of amides is 1. The zero-order chi connectivity index (χ0) is 20.6. The molecule has 29 heavy (non-hydrogen) atoms. The summed E-state index contributed by atoms with van der Waals surface area (Å²) in [5.74, 6) is 2.06. The highest BCUT2D eigenvalue weighted by atomic mass is 16.5. The summed E-state index contributed by atoms with van der Waals surface area (Å²) in [5, 5.41) is 6.85. The third kappa shape index (κ3) is 5.57. The highest BCUT2D eigenvalue weighted by Crippen LogP contribution is 2.30. The Balaban J connectivity index is 1.57. The number of anilines is 1. The summed E-state index contributed by atoms with van der Waals surface area (Å²) in [7, 11) is 0. The summed E-state index contributed by atoms with van der Waals surface area (Å²) < 4.78 is 16.4. The summed E-state index contributed by atoms with van der Waals surface area (Å²) in [4.78, 5) is 16.7. The second kappa shape index (κ2) is 9.73. The lowest BCUT2D eigenvalue weighted by atomic mass is 10.1. The molecule has 0 aliphatic heterocycles. The minimum atomic E-state index is -0.147. The van der Waals surface area contributed by atoms with Crippen molar-refractivity contribution in [1.82, 2.24) is 10.1 Å². The predicted molar refractivity (Wildman–Crippen MR) is 110 cm³/mol. The number of carbonyl (C=O) groups is 1. The van der Waals surface area contributed by atoms with E-state index in [1.165, 1.54) is 0 Å². The Morgan fingerprint density at radius 2 is 1.76 bits per heavy atom. The molecule has 152 valence electrons. The van der Waals surface area contributed by atoms with Crippen LogP contribution >= 0.6 is 0 Å². The number of ether oxygens (including phenoxy) is 2. The van der Waals surface area contributed by atoms with Crippen LogP contribution in [-0.2, 0) is 11.2 Å². The van der Waals surface area contributed by atoms with E-state index in [0.717, 1.165) is 11.1 Å². The molecular formula is C22H25N3O4. The van der Waals surface area contributed by atoms with Crippen LogP contribution in [0, 0.1) is 6.92 Å². The molecule has 1 heterocycles. The lowest BCUT2D eigenvalue weighted by Crippen LogP contribution is -2.12. The van der Waals surface area contributed by atoms with Crippen molar-refractivity contribution in [3.63, 3.8) is 0 Å². The first-order valence-corrected chi connectivity index (χ1v) is 9.68. The van der Waals surface area contributed by atoms with Gasteiger partial charge in [0.1, 0.15) is 0 Å². The van der Waals surface area contributed by atoms with Crippen molar-refractivity contribution in [2.45, 2.75) is 33.6 Å². The Hall–Kier alpha value is -3.35. The fourth-order valence-corrected chi connectivity index (χ4v) is 2.75. The van der Waals surface area contributed by atoms with Gasteiger partial charge in [-0.2, -0.15) is 4.98 Å². The van der Waals surface area contributed by atoms with E-state index in [4.69, 9.17) is 14.0 Å². The van der Waals surface area contributed by atoms with Crippen molar-refractivity contribution in [3.05, 3.63) is 53.9 Å². The van der Waals surface area contributed by atoms with Crippen LogP contribution in [-0.4, -0.2) is 29.3 Å². The van der Waals surface area contributed by atoms with E-state index in [0.29, 0.717) is 48.5 Å².